The van der Waals surface area contributed by atoms with Crippen LogP contribution >= 0.6 is 15.9 Å². The quantitative estimate of drug-likeness (QED) is 0.805. The first kappa shape index (κ1) is 18.1. The zero-order valence-electron chi connectivity index (χ0n) is 16.0. The Kier molecular flexibility index (Phi) is 4.90. The minimum absolute atomic E-state index is 0.000139. The Morgan fingerprint density at radius 2 is 2.08 bits per heavy atom. The van der Waals surface area contributed by atoms with Gasteiger partial charge in [0.25, 0.3) is 0 Å². The number of hydrazine groups is 1. The predicted molar refractivity (Wildman–Crippen MR) is 109 cm³/mol. The summed E-state index contributed by atoms with van der Waals surface area (Å²) >= 11 is 3.84. The number of anilines is 1. The van der Waals surface area contributed by atoms with Crippen LogP contribution in [0.5, 0.6) is 0 Å². The largest absolute Gasteiger partial charge is 0.336 e. The lowest BCUT2D eigenvalue weighted by atomic mass is 9.70. The molecule has 1 N–H and O–H groups in total. The first-order chi connectivity index (χ1) is 12.5. The van der Waals surface area contributed by atoms with Crippen molar-refractivity contribution in [2.75, 3.05) is 38.2 Å². The fourth-order valence-electron chi connectivity index (χ4n) is 5.24. The molecular weight excluding hydrogens is 392 g/mol. The molecule has 1 saturated heterocycles. The third kappa shape index (κ3) is 2.82. The number of urea groups is 1. The average Bonchev–Trinajstić information content (AvgIpc) is 2.97. The molecule has 5 nitrogen and oxygen atoms in total. The molecule has 0 bridgehead atoms. The van der Waals surface area contributed by atoms with Gasteiger partial charge in [-0.1, -0.05) is 15.9 Å². The number of nitrogens with zero attached hydrogens (tertiary/aromatic N) is 3. The number of benzene rings is 1. The summed E-state index contributed by atoms with van der Waals surface area (Å²) in [4.78, 5) is 17.0. The first-order valence-electron chi connectivity index (χ1n) is 9.90. The number of carbonyl (C=O) groups is 1. The summed E-state index contributed by atoms with van der Waals surface area (Å²) in [5, 5.41) is 2.09. The van der Waals surface area contributed by atoms with Gasteiger partial charge < -0.3 is 9.80 Å². The molecule has 4 rings (SSSR count). The van der Waals surface area contributed by atoms with E-state index in [1.165, 1.54) is 47.1 Å². The third-order valence-corrected chi connectivity index (χ3v) is 7.24. The lowest BCUT2D eigenvalue weighted by Gasteiger charge is -2.45. The molecule has 1 aromatic rings. The van der Waals surface area contributed by atoms with Crippen molar-refractivity contribution >= 4 is 27.6 Å². The first-order valence-corrected chi connectivity index (χ1v) is 10.7. The maximum atomic E-state index is 12.6. The van der Waals surface area contributed by atoms with E-state index < -0.39 is 0 Å². The number of hydrogen-bond acceptors (Lipinski definition) is 3. The van der Waals surface area contributed by atoms with Crippen LogP contribution in [0.1, 0.15) is 56.1 Å². The smallest absolute Gasteiger partial charge is 0.324 e. The van der Waals surface area contributed by atoms with Crippen molar-refractivity contribution in [1.82, 2.24) is 15.2 Å². The molecule has 0 aromatic heterocycles. The monoisotopic (exact) mass is 420 g/mol. The maximum Gasteiger partial charge on any atom is 0.336 e. The van der Waals surface area contributed by atoms with Gasteiger partial charge in [-0.05, 0) is 70.0 Å². The van der Waals surface area contributed by atoms with Crippen LogP contribution in [0.3, 0.4) is 0 Å². The van der Waals surface area contributed by atoms with E-state index in [1.807, 2.05) is 18.7 Å². The van der Waals surface area contributed by atoms with Crippen molar-refractivity contribution in [1.29, 1.82) is 0 Å². The van der Waals surface area contributed by atoms with Crippen LogP contribution in [-0.2, 0) is 0 Å². The highest BCUT2D eigenvalue weighted by Gasteiger charge is 2.45. The molecule has 3 atom stereocenters. The lowest BCUT2D eigenvalue weighted by Crippen LogP contribution is -2.49. The number of likely N-dealkylation sites (tertiary alicyclic amines) is 1. The normalized spacial score (nSPS) is 27.1. The topological polar surface area (TPSA) is 38.8 Å². The molecule has 3 aliphatic rings. The van der Waals surface area contributed by atoms with Gasteiger partial charge in [-0.3, -0.25) is 5.01 Å². The summed E-state index contributed by atoms with van der Waals surface area (Å²) in [7, 11) is 2.27. The molecule has 1 aromatic carbocycles. The van der Waals surface area contributed by atoms with Crippen LogP contribution in [0.15, 0.2) is 16.6 Å². The molecule has 1 fully saturated rings. The Morgan fingerprint density at radius 1 is 1.31 bits per heavy atom. The van der Waals surface area contributed by atoms with Gasteiger partial charge in [-0.15, -0.1) is 0 Å². The number of nitrogens with one attached hydrogen (secondary N) is 1. The second-order valence-electron chi connectivity index (χ2n) is 7.82. The second-order valence-corrected chi connectivity index (χ2v) is 8.68. The molecule has 2 heterocycles. The highest BCUT2D eigenvalue weighted by atomic mass is 79.9. The SMILES string of the molecule is CCN(CC)C(=O)NN1CC2C[C@@H]3[C@H](CCCN3C)c3c(Br)ccc1c32. The minimum atomic E-state index is -0.000139. The fraction of sp³-hybridized carbons (Fsp3) is 0.650. The molecule has 1 unspecified atom stereocenters. The summed E-state index contributed by atoms with van der Waals surface area (Å²) in [6, 6.07) is 4.95. The van der Waals surface area contributed by atoms with Gasteiger partial charge in [0.05, 0.1) is 5.69 Å². The predicted octanol–water partition coefficient (Wildman–Crippen LogP) is 3.90. The Morgan fingerprint density at radius 3 is 2.81 bits per heavy atom. The van der Waals surface area contributed by atoms with Gasteiger partial charge in [0.15, 0.2) is 0 Å². The number of piperidine rings is 1. The Balaban J connectivity index is 1.67. The van der Waals surface area contributed by atoms with Crippen molar-refractivity contribution < 1.29 is 4.79 Å². The van der Waals surface area contributed by atoms with Crippen LogP contribution in [0.25, 0.3) is 0 Å². The highest BCUT2D eigenvalue weighted by Crippen LogP contribution is 2.53. The number of fused-ring (bicyclic) bond motifs is 2. The summed E-state index contributed by atoms with van der Waals surface area (Å²) in [5.74, 6) is 1.10. The lowest BCUT2D eigenvalue weighted by molar-refractivity contribution is 0.135. The molecular formula is C20H29BrN4O. The van der Waals surface area contributed by atoms with E-state index in [0.29, 0.717) is 17.9 Å². The second kappa shape index (κ2) is 7.04. The average molecular weight is 421 g/mol. The zero-order valence-corrected chi connectivity index (χ0v) is 17.6. The molecule has 2 amide bonds. The summed E-state index contributed by atoms with van der Waals surface area (Å²) in [6.45, 7) is 7.58. The maximum absolute atomic E-state index is 12.6. The van der Waals surface area contributed by atoms with Gasteiger partial charge in [0, 0.05) is 42.0 Å². The van der Waals surface area contributed by atoms with Gasteiger partial charge in [-0.2, -0.15) is 0 Å². The Hall–Kier alpha value is -1.27. The van der Waals surface area contributed by atoms with E-state index in [1.54, 1.807) is 0 Å². The van der Waals surface area contributed by atoms with Gasteiger partial charge in [-0.25, -0.2) is 10.2 Å². The van der Waals surface area contributed by atoms with E-state index in [4.69, 9.17) is 0 Å². The summed E-state index contributed by atoms with van der Waals surface area (Å²) < 4.78 is 1.24. The van der Waals surface area contributed by atoms with E-state index in [-0.39, 0.29) is 6.03 Å². The van der Waals surface area contributed by atoms with E-state index in [9.17, 15) is 4.79 Å². The van der Waals surface area contributed by atoms with Crippen LogP contribution in [0, 0.1) is 0 Å². The standard InChI is InChI=1S/C20H29BrN4O/c1-4-24(5-2)20(26)22-25-12-13-11-17-14(7-6-10-23(17)3)19-15(21)8-9-16(25)18(13)19/h8-9,13-14,17H,4-7,10-12H2,1-3H3,(H,22,26)/t13?,14-,17+/m0/s1. The molecule has 142 valence electrons. The molecule has 0 saturated carbocycles. The third-order valence-electron chi connectivity index (χ3n) is 6.55. The van der Waals surface area contributed by atoms with E-state index >= 15 is 0 Å². The fourth-order valence-corrected chi connectivity index (χ4v) is 5.88. The number of likely N-dealkylation sites (N-methyl/N-ethyl adjacent to an activating group) is 1. The van der Waals surface area contributed by atoms with Gasteiger partial charge >= 0.3 is 6.03 Å². The van der Waals surface area contributed by atoms with Crippen molar-refractivity contribution in [3.63, 3.8) is 0 Å². The van der Waals surface area contributed by atoms with Crippen molar-refractivity contribution in [2.24, 2.45) is 0 Å². The number of carbonyl (C=O) groups excluding carboxylic acids is 1. The molecule has 1 aliphatic carbocycles. The summed E-state index contributed by atoms with van der Waals surface area (Å²) in [6.07, 6.45) is 3.72. The van der Waals surface area contributed by atoms with Gasteiger partial charge in [0.1, 0.15) is 0 Å². The van der Waals surface area contributed by atoms with Crippen LogP contribution < -0.4 is 10.4 Å². The summed E-state index contributed by atoms with van der Waals surface area (Å²) in [5.41, 5.74) is 7.32. The Bertz CT molecular complexity index is 705. The zero-order chi connectivity index (χ0) is 18.4. The number of amides is 2. The number of hydrogen-bond donors (Lipinski definition) is 1. The number of rotatable bonds is 3. The molecule has 2 aliphatic heterocycles. The molecule has 26 heavy (non-hydrogen) atoms. The highest BCUT2D eigenvalue weighted by molar-refractivity contribution is 9.10. The van der Waals surface area contributed by atoms with Crippen LogP contribution in [0.2, 0.25) is 0 Å². The molecule has 0 radical (unpaired) electrons. The van der Waals surface area contributed by atoms with Crippen molar-refractivity contribution in [3.05, 3.63) is 27.7 Å². The van der Waals surface area contributed by atoms with Crippen LogP contribution in [0.4, 0.5) is 10.5 Å². The van der Waals surface area contributed by atoms with Crippen molar-refractivity contribution in [3.8, 4) is 0 Å². The van der Waals surface area contributed by atoms with E-state index in [2.05, 4.69) is 50.4 Å². The van der Waals surface area contributed by atoms with E-state index in [0.717, 1.165) is 19.6 Å². The van der Waals surface area contributed by atoms with Gasteiger partial charge in [0.2, 0.25) is 0 Å². The molecule has 0 spiro atoms. The number of halogens is 1. The van der Waals surface area contributed by atoms with Crippen molar-refractivity contribution in [2.45, 2.75) is 51.0 Å². The molecule has 6 heteroatoms. The Labute approximate surface area is 164 Å². The van der Waals surface area contributed by atoms with Crippen LogP contribution in [-0.4, -0.2) is 55.1 Å². The minimum Gasteiger partial charge on any atom is -0.324 e.